The van der Waals surface area contributed by atoms with Gasteiger partial charge in [-0.1, -0.05) is 33.5 Å². The van der Waals surface area contributed by atoms with Crippen molar-refractivity contribution in [1.82, 2.24) is 0 Å². The second kappa shape index (κ2) is 6.56. The molecule has 10 atom stereocenters. The molecule has 0 aromatic carbocycles. The van der Waals surface area contributed by atoms with Crippen molar-refractivity contribution in [2.24, 2.45) is 46.8 Å². The first-order chi connectivity index (χ1) is 14.0. The first-order valence-electron chi connectivity index (χ1n) is 11.6. The monoisotopic (exact) mass is 434 g/mol. The number of esters is 3. The molecule has 4 saturated carbocycles. The molecule has 166 valence electrons. The molecule has 4 aliphatic carbocycles. The van der Waals surface area contributed by atoms with E-state index in [9.17, 15) is 14.4 Å². The van der Waals surface area contributed by atoms with Crippen LogP contribution in [0.1, 0.15) is 39.5 Å². The summed E-state index contributed by atoms with van der Waals surface area (Å²) in [5.74, 6) is 1.02. The average molecular weight is 435 g/mol. The van der Waals surface area contributed by atoms with Crippen LogP contribution >= 0.6 is 0 Å². The molecule has 1 saturated heterocycles. The van der Waals surface area contributed by atoms with Crippen molar-refractivity contribution in [3.8, 4) is 0 Å². The fourth-order valence-electron chi connectivity index (χ4n) is 7.28. The van der Waals surface area contributed by atoms with Gasteiger partial charge in [0.1, 0.15) is 12.2 Å². The van der Waals surface area contributed by atoms with Gasteiger partial charge in [0, 0.05) is 11.8 Å². The van der Waals surface area contributed by atoms with Crippen LogP contribution in [-0.2, 0) is 28.6 Å². The molecule has 0 aromatic rings. The molecular formula is C23H34O6Si. The van der Waals surface area contributed by atoms with Gasteiger partial charge in [-0.05, 0) is 49.4 Å². The molecule has 0 aromatic heterocycles. The molecule has 1 aliphatic heterocycles. The van der Waals surface area contributed by atoms with Crippen LogP contribution in [0.2, 0.25) is 19.6 Å². The number of rotatable bonds is 5. The van der Waals surface area contributed by atoms with Crippen molar-refractivity contribution in [2.45, 2.75) is 71.4 Å². The normalized spacial score (nSPS) is 48.2. The Bertz CT molecular complexity index is 787. The summed E-state index contributed by atoms with van der Waals surface area (Å²) >= 11 is 0. The lowest BCUT2D eigenvalue weighted by molar-refractivity contribution is -0.168. The van der Waals surface area contributed by atoms with E-state index in [0.717, 1.165) is 12.8 Å². The summed E-state index contributed by atoms with van der Waals surface area (Å²) in [5.41, 5.74) is -1.17. The summed E-state index contributed by atoms with van der Waals surface area (Å²) in [4.78, 5) is 38.8. The maximum Gasteiger partial charge on any atom is 0.324 e. The lowest BCUT2D eigenvalue weighted by Gasteiger charge is -2.34. The highest BCUT2D eigenvalue weighted by Crippen LogP contribution is 2.63. The zero-order valence-electron chi connectivity index (χ0n) is 18.7. The fourth-order valence-corrected chi connectivity index (χ4v) is 7.84. The lowest BCUT2D eigenvalue weighted by atomic mass is 9.73. The summed E-state index contributed by atoms with van der Waals surface area (Å²) in [5, 5.41) is 0. The summed E-state index contributed by atoms with van der Waals surface area (Å²) < 4.78 is 17.3. The van der Waals surface area contributed by atoms with Crippen molar-refractivity contribution < 1.29 is 28.6 Å². The van der Waals surface area contributed by atoms with E-state index in [0.29, 0.717) is 42.7 Å². The highest BCUT2D eigenvalue weighted by molar-refractivity contribution is 6.76. The van der Waals surface area contributed by atoms with E-state index in [1.54, 1.807) is 0 Å². The molecule has 7 heteroatoms. The molecule has 0 N–H and O–H groups in total. The van der Waals surface area contributed by atoms with E-state index < -0.39 is 37.6 Å². The average Bonchev–Trinajstić information content (AvgIpc) is 3.42. The fraction of sp³-hybridized carbons (Fsp3) is 0.870. The van der Waals surface area contributed by atoms with Gasteiger partial charge in [-0.15, -0.1) is 0 Å². The number of fused-ring (bicyclic) bond motifs is 3. The van der Waals surface area contributed by atoms with Crippen LogP contribution in [0.4, 0.5) is 0 Å². The molecule has 30 heavy (non-hydrogen) atoms. The molecule has 6 nitrogen and oxygen atoms in total. The summed E-state index contributed by atoms with van der Waals surface area (Å²) in [6, 6.07) is 0. The first kappa shape index (κ1) is 20.5. The number of carbonyl (C=O) groups excluding carboxylic acids is 3. The van der Waals surface area contributed by atoms with Gasteiger partial charge < -0.3 is 14.2 Å². The first-order valence-corrected chi connectivity index (χ1v) is 15.3. The zero-order valence-corrected chi connectivity index (χ0v) is 19.7. The van der Waals surface area contributed by atoms with Crippen LogP contribution in [0.25, 0.3) is 0 Å². The van der Waals surface area contributed by atoms with E-state index in [1.165, 1.54) is 0 Å². The Morgan fingerprint density at radius 3 is 2.47 bits per heavy atom. The third kappa shape index (κ3) is 2.76. The zero-order chi connectivity index (χ0) is 21.6. The van der Waals surface area contributed by atoms with Crippen LogP contribution in [-0.4, -0.2) is 44.4 Å². The maximum atomic E-state index is 13.1. The molecule has 0 amide bonds. The minimum absolute atomic E-state index is 0.00442. The van der Waals surface area contributed by atoms with Crippen LogP contribution in [0.15, 0.2) is 0 Å². The molecule has 1 heterocycles. The van der Waals surface area contributed by atoms with Crippen molar-refractivity contribution in [3.05, 3.63) is 0 Å². The minimum Gasteiger partial charge on any atom is -0.469 e. The van der Waals surface area contributed by atoms with Crippen LogP contribution in [0.5, 0.6) is 0 Å². The molecule has 10 unspecified atom stereocenters. The minimum atomic E-state index is -1.58. The topological polar surface area (TPSA) is 78.9 Å². The third-order valence-corrected chi connectivity index (χ3v) is 10.0. The summed E-state index contributed by atoms with van der Waals surface area (Å²) in [7, 11) is -1.58. The predicted molar refractivity (Wildman–Crippen MR) is 111 cm³/mol. The van der Waals surface area contributed by atoms with Gasteiger partial charge in [0.25, 0.3) is 0 Å². The van der Waals surface area contributed by atoms with E-state index in [4.69, 9.17) is 14.2 Å². The van der Waals surface area contributed by atoms with Crippen LogP contribution in [0, 0.1) is 46.8 Å². The SMILES string of the molecule is CC1C2CC(C(=O)OC3C4CC5C3OC(=O)C5(C(=O)OC[Si](C)(C)C)C4)C(C2)C1C. The molecule has 5 aliphatic rings. The predicted octanol–water partition coefficient (Wildman–Crippen LogP) is 3.20. The highest BCUT2D eigenvalue weighted by Gasteiger charge is 2.75. The molecule has 4 bridgehead atoms. The van der Waals surface area contributed by atoms with Crippen molar-refractivity contribution >= 4 is 26.0 Å². The van der Waals surface area contributed by atoms with Crippen molar-refractivity contribution in [1.29, 1.82) is 0 Å². The van der Waals surface area contributed by atoms with Gasteiger partial charge in [-0.2, -0.15) is 0 Å². The number of ether oxygens (including phenoxy) is 3. The Kier molecular flexibility index (Phi) is 4.49. The highest BCUT2D eigenvalue weighted by atomic mass is 28.3. The van der Waals surface area contributed by atoms with Crippen LogP contribution in [0.3, 0.4) is 0 Å². The summed E-state index contributed by atoms with van der Waals surface area (Å²) in [6.45, 7) is 10.9. The number of hydrogen-bond acceptors (Lipinski definition) is 6. The van der Waals surface area contributed by atoms with Gasteiger partial charge in [0.15, 0.2) is 5.41 Å². The van der Waals surface area contributed by atoms with E-state index >= 15 is 0 Å². The van der Waals surface area contributed by atoms with Crippen molar-refractivity contribution in [3.63, 3.8) is 0 Å². The standard InChI is InChI=1S/C23H34O6Si/c1-11-12(2)15-6-13(11)7-16(15)20(24)28-18-14-8-17-19(18)29-22(26)23(17,9-14)21(25)27-10-30(3,4)5/h11-19H,6-10H2,1-5H3. The van der Waals surface area contributed by atoms with Crippen LogP contribution < -0.4 is 0 Å². The number of carbonyl (C=O) groups is 3. The van der Waals surface area contributed by atoms with Gasteiger partial charge in [0.05, 0.1) is 20.2 Å². The molecular weight excluding hydrogens is 400 g/mol. The smallest absolute Gasteiger partial charge is 0.324 e. The maximum absolute atomic E-state index is 13.1. The molecule has 0 radical (unpaired) electrons. The van der Waals surface area contributed by atoms with Gasteiger partial charge in [-0.25, -0.2) is 0 Å². The van der Waals surface area contributed by atoms with Gasteiger partial charge in [0.2, 0.25) is 0 Å². The Labute approximate surface area is 179 Å². The van der Waals surface area contributed by atoms with E-state index in [2.05, 4.69) is 33.5 Å². The van der Waals surface area contributed by atoms with Gasteiger partial charge in [-0.3, -0.25) is 14.4 Å². The third-order valence-electron chi connectivity index (χ3n) is 9.02. The summed E-state index contributed by atoms with van der Waals surface area (Å²) in [6.07, 6.45) is 2.65. The quantitative estimate of drug-likeness (QED) is 0.286. The molecule has 0 spiro atoms. The Balaban J connectivity index is 1.27. The molecule has 5 fully saturated rings. The second-order valence-corrected chi connectivity index (χ2v) is 17.3. The largest absolute Gasteiger partial charge is 0.469 e. The Morgan fingerprint density at radius 2 is 1.83 bits per heavy atom. The van der Waals surface area contributed by atoms with Gasteiger partial charge >= 0.3 is 17.9 Å². The Hall–Kier alpha value is -1.37. The van der Waals surface area contributed by atoms with E-state index in [-0.39, 0.29) is 23.7 Å². The Morgan fingerprint density at radius 1 is 1.10 bits per heavy atom. The lowest BCUT2D eigenvalue weighted by Crippen LogP contribution is -2.47. The van der Waals surface area contributed by atoms with E-state index in [1.807, 2.05) is 0 Å². The molecule has 5 rings (SSSR count). The van der Waals surface area contributed by atoms with Crippen molar-refractivity contribution in [2.75, 3.05) is 6.23 Å². The number of hydrogen-bond donors (Lipinski definition) is 0. The second-order valence-electron chi connectivity index (χ2n) is 11.9.